The second-order valence-electron chi connectivity index (χ2n) is 6.40. The molecule has 1 unspecified atom stereocenters. The van der Waals surface area contributed by atoms with Crippen molar-refractivity contribution >= 4 is 5.91 Å². The molecule has 1 aromatic carbocycles. The lowest BCUT2D eigenvalue weighted by molar-refractivity contribution is -0.123. The zero-order chi connectivity index (χ0) is 16.9. The smallest absolute Gasteiger partial charge is 0.258 e. The van der Waals surface area contributed by atoms with Gasteiger partial charge >= 0.3 is 0 Å². The van der Waals surface area contributed by atoms with Crippen molar-refractivity contribution in [1.29, 1.82) is 0 Å². The van der Waals surface area contributed by atoms with Gasteiger partial charge in [-0.05, 0) is 35.2 Å². The van der Waals surface area contributed by atoms with Gasteiger partial charge in [-0.3, -0.25) is 4.79 Å². The van der Waals surface area contributed by atoms with Gasteiger partial charge in [-0.25, -0.2) is 0 Å². The Morgan fingerprint density at radius 2 is 1.96 bits per heavy atom. The van der Waals surface area contributed by atoms with Crippen LogP contribution < -0.4 is 10.1 Å². The summed E-state index contributed by atoms with van der Waals surface area (Å²) in [6, 6.07) is 11.0. The lowest BCUT2D eigenvalue weighted by Gasteiger charge is -2.19. The van der Waals surface area contributed by atoms with Gasteiger partial charge < -0.3 is 19.6 Å². The van der Waals surface area contributed by atoms with Gasteiger partial charge in [0.25, 0.3) is 5.91 Å². The van der Waals surface area contributed by atoms with E-state index in [1.54, 1.807) is 12.1 Å². The number of carbonyl (C=O) groups is 1. The highest BCUT2D eigenvalue weighted by atomic mass is 16.5. The number of rotatable bonds is 6. The van der Waals surface area contributed by atoms with Crippen molar-refractivity contribution in [3.05, 3.63) is 54.0 Å². The largest absolute Gasteiger partial charge is 0.484 e. The maximum atomic E-state index is 11.7. The summed E-state index contributed by atoms with van der Waals surface area (Å²) in [6.07, 6.45) is 0.616. The quantitative estimate of drug-likeness (QED) is 0.859. The van der Waals surface area contributed by atoms with Gasteiger partial charge in [-0.15, -0.1) is 0 Å². The molecular weight excluding hydrogens is 294 g/mol. The van der Waals surface area contributed by atoms with Gasteiger partial charge in [0.15, 0.2) is 6.61 Å². The Balaban J connectivity index is 1.76. The van der Waals surface area contributed by atoms with E-state index in [1.807, 2.05) is 24.3 Å². The number of furan rings is 1. The molecule has 23 heavy (non-hydrogen) atoms. The minimum absolute atomic E-state index is 0.0812. The van der Waals surface area contributed by atoms with Crippen LogP contribution in [-0.2, 0) is 10.2 Å². The molecule has 0 spiro atoms. The van der Waals surface area contributed by atoms with Crippen LogP contribution >= 0.6 is 0 Å². The minimum Gasteiger partial charge on any atom is -0.484 e. The lowest BCUT2D eigenvalue weighted by Crippen LogP contribution is -2.32. The number of benzene rings is 1. The van der Waals surface area contributed by atoms with Crippen LogP contribution in [0.5, 0.6) is 5.75 Å². The molecule has 0 aliphatic carbocycles. The van der Waals surface area contributed by atoms with Crippen molar-refractivity contribution < 1.29 is 19.1 Å². The molecule has 0 fully saturated rings. The molecule has 0 aliphatic heterocycles. The van der Waals surface area contributed by atoms with Gasteiger partial charge in [-0.2, -0.15) is 0 Å². The zero-order valence-corrected chi connectivity index (χ0v) is 13.7. The van der Waals surface area contributed by atoms with Crippen LogP contribution in [0.15, 0.2) is 47.1 Å². The average molecular weight is 317 g/mol. The number of aliphatic hydroxyl groups excluding tert-OH is 1. The van der Waals surface area contributed by atoms with E-state index in [4.69, 9.17) is 9.15 Å². The molecule has 1 heterocycles. The van der Waals surface area contributed by atoms with Gasteiger partial charge in [0.1, 0.15) is 17.6 Å². The summed E-state index contributed by atoms with van der Waals surface area (Å²) in [6.45, 7) is 6.40. The molecule has 0 bridgehead atoms. The van der Waals surface area contributed by atoms with Gasteiger partial charge in [0.2, 0.25) is 0 Å². The molecule has 1 amide bonds. The first kappa shape index (κ1) is 17.1. The standard InChI is InChI=1S/C18H23NO4/c1-18(2,3)13-6-8-14(9-7-13)23-12-17(21)19-11-15(20)16-5-4-10-22-16/h4-10,15,20H,11-12H2,1-3H3,(H,19,21). The van der Waals surface area contributed by atoms with Crippen molar-refractivity contribution in [3.8, 4) is 5.75 Å². The molecule has 5 nitrogen and oxygen atoms in total. The van der Waals surface area contributed by atoms with Crippen molar-refractivity contribution in [1.82, 2.24) is 5.32 Å². The fraction of sp³-hybridized carbons (Fsp3) is 0.389. The summed E-state index contributed by atoms with van der Waals surface area (Å²) < 4.78 is 10.5. The summed E-state index contributed by atoms with van der Waals surface area (Å²) in [5.74, 6) is 0.763. The molecule has 124 valence electrons. The van der Waals surface area contributed by atoms with Crippen LogP contribution in [0.25, 0.3) is 0 Å². The van der Waals surface area contributed by atoms with E-state index in [0.717, 1.165) is 0 Å². The van der Waals surface area contributed by atoms with Crippen molar-refractivity contribution in [2.75, 3.05) is 13.2 Å². The van der Waals surface area contributed by atoms with Gasteiger partial charge in [0, 0.05) is 0 Å². The highest BCUT2D eigenvalue weighted by molar-refractivity contribution is 5.77. The molecule has 2 aromatic rings. The molecule has 0 aliphatic rings. The third-order valence-electron chi connectivity index (χ3n) is 3.45. The zero-order valence-electron chi connectivity index (χ0n) is 13.7. The van der Waals surface area contributed by atoms with Crippen LogP contribution in [-0.4, -0.2) is 24.2 Å². The Kier molecular flexibility index (Phi) is 5.45. The van der Waals surface area contributed by atoms with E-state index in [9.17, 15) is 9.90 Å². The number of hydrogen-bond acceptors (Lipinski definition) is 4. The van der Waals surface area contributed by atoms with E-state index >= 15 is 0 Å². The second-order valence-corrected chi connectivity index (χ2v) is 6.40. The Morgan fingerprint density at radius 1 is 1.26 bits per heavy atom. The predicted octanol–water partition coefficient (Wildman–Crippen LogP) is 2.81. The minimum atomic E-state index is -0.861. The fourth-order valence-electron chi connectivity index (χ4n) is 2.04. The Morgan fingerprint density at radius 3 is 2.52 bits per heavy atom. The van der Waals surface area contributed by atoms with E-state index in [-0.39, 0.29) is 24.5 Å². The average Bonchev–Trinajstić information content (AvgIpc) is 3.04. The SMILES string of the molecule is CC(C)(C)c1ccc(OCC(=O)NCC(O)c2ccco2)cc1. The summed E-state index contributed by atoms with van der Waals surface area (Å²) >= 11 is 0. The first-order valence-electron chi connectivity index (χ1n) is 7.58. The van der Waals surface area contributed by atoms with Crippen LogP contribution in [0.1, 0.15) is 38.2 Å². The van der Waals surface area contributed by atoms with Crippen molar-refractivity contribution in [3.63, 3.8) is 0 Å². The number of ether oxygens (including phenoxy) is 1. The van der Waals surface area contributed by atoms with E-state index in [1.165, 1.54) is 11.8 Å². The third kappa shape index (κ3) is 5.14. The molecule has 0 saturated heterocycles. The molecule has 0 radical (unpaired) electrons. The molecular formula is C18H23NO4. The fourth-order valence-corrected chi connectivity index (χ4v) is 2.04. The Hall–Kier alpha value is -2.27. The van der Waals surface area contributed by atoms with Gasteiger partial charge in [-0.1, -0.05) is 32.9 Å². The number of hydrogen-bond donors (Lipinski definition) is 2. The highest BCUT2D eigenvalue weighted by Crippen LogP contribution is 2.24. The van der Waals surface area contributed by atoms with Crippen LogP contribution in [0.3, 0.4) is 0 Å². The molecule has 2 rings (SSSR count). The maximum absolute atomic E-state index is 11.7. The van der Waals surface area contributed by atoms with Crippen molar-refractivity contribution in [2.45, 2.75) is 32.3 Å². The summed E-state index contributed by atoms with van der Waals surface area (Å²) in [5, 5.41) is 12.4. The first-order chi connectivity index (χ1) is 10.9. The molecule has 1 aromatic heterocycles. The topological polar surface area (TPSA) is 71.7 Å². The summed E-state index contributed by atoms with van der Waals surface area (Å²) in [7, 11) is 0. The molecule has 1 atom stereocenters. The van der Waals surface area contributed by atoms with Crippen molar-refractivity contribution in [2.24, 2.45) is 0 Å². The number of amides is 1. The van der Waals surface area contributed by atoms with E-state index in [2.05, 4.69) is 26.1 Å². The van der Waals surface area contributed by atoms with Crippen LogP contribution in [0, 0.1) is 0 Å². The maximum Gasteiger partial charge on any atom is 0.258 e. The third-order valence-corrected chi connectivity index (χ3v) is 3.45. The monoisotopic (exact) mass is 317 g/mol. The number of aliphatic hydroxyl groups is 1. The predicted molar refractivity (Wildman–Crippen MR) is 87.3 cm³/mol. The van der Waals surface area contributed by atoms with E-state index in [0.29, 0.717) is 11.5 Å². The summed E-state index contributed by atoms with van der Waals surface area (Å²) in [4.78, 5) is 11.7. The number of nitrogens with one attached hydrogen (secondary N) is 1. The summed E-state index contributed by atoms with van der Waals surface area (Å²) in [5.41, 5.74) is 1.29. The first-order valence-corrected chi connectivity index (χ1v) is 7.58. The highest BCUT2D eigenvalue weighted by Gasteiger charge is 2.14. The Labute approximate surface area is 136 Å². The van der Waals surface area contributed by atoms with E-state index < -0.39 is 6.10 Å². The lowest BCUT2D eigenvalue weighted by atomic mass is 9.87. The molecule has 2 N–H and O–H groups in total. The molecule has 5 heteroatoms. The second kappa shape index (κ2) is 7.33. The van der Waals surface area contributed by atoms with Crippen LogP contribution in [0.2, 0.25) is 0 Å². The van der Waals surface area contributed by atoms with Gasteiger partial charge in [0.05, 0.1) is 12.8 Å². The molecule has 0 saturated carbocycles. The Bertz CT molecular complexity index is 611. The van der Waals surface area contributed by atoms with Crippen LogP contribution in [0.4, 0.5) is 0 Å². The normalized spacial score (nSPS) is 12.7. The number of carbonyl (C=O) groups excluding carboxylic acids is 1.